The van der Waals surface area contributed by atoms with Crippen molar-refractivity contribution < 1.29 is 9.90 Å². The molecule has 0 saturated heterocycles. The first kappa shape index (κ1) is 9.65. The number of carboxylic acids is 1. The fourth-order valence-electron chi connectivity index (χ4n) is 2.15. The lowest BCUT2D eigenvalue weighted by Gasteiger charge is -1.97. The summed E-state index contributed by atoms with van der Waals surface area (Å²) in [5.41, 5.74) is -0.106. The van der Waals surface area contributed by atoms with Crippen LogP contribution in [0.1, 0.15) is 29.7 Å². The van der Waals surface area contributed by atoms with Gasteiger partial charge in [-0.1, -0.05) is 13.8 Å². The lowest BCUT2D eigenvalue weighted by Crippen LogP contribution is -2.02. The molecule has 0 radical (unpaired) electrons. The maximum absolute atomic E-state index is 11.0. The molecule has 1 N–H and O–H groups in total. The largest absolute Gasteiger partial charge is 0.481 e. The lowest BCUT2D eigenvalue weighted by molar-refractivity contribution is -0.139. The van der Waals surface area contributed by atoms with Crippen LogP contribution in [0.25, 0.3) is 0 Å². The fraction of sp³-hybridized carbons (Fsp3) is 0.600. The van der Waals surface area contributed by atoms with Crippen molar-refractivity contribution in [2.45, 2.75) is 26.7 Å². The Balaban J connectivity index is 2.27. The quantitative estimate of drug-likeness (QED) is 0.816. The topological polar surface area (TPSA) is 50.2 Å². The maximum atomic E-state index is 11.0. The molecule has 2 atom stereocenters. The summed E-state index contributed by atoms with van der Waals surface area (Å²) in [4.78, 5) is 16.2. The summed E-state index contributed by atoms with van der Waals surface area (Å²) in [7, 11) is 0. The molecule has 0 amide bonds. The summed E-state index contributed by atoms with van der Waals surface area (Å²) >= 11 is 1.61. The van der Waals surface area contributed by atoms with Crippen molar-refractivity contribution in [2.75, 3.05) is 0 Å². The molecule has 0 spiro atoms. The minimum atomic E-state index is -0.689. The highest BCUT2D eigenvalue weighted by molar-refractivity contribution is 7.11. The van der Waals surface area contributed by atoms with Gasteiger partial charge in [0.25, 0.3) is 0 Å². The highest BCUT2D eigenvalue weighted by atomic mass is 32.1. The maximum Gasteiger partial charge on any atom is 0.307 e. The van der Waals surface area contributed by atoms with E-state index >= 15 is 0 Å². The number of thiazole rings is 1. The van der Waals surface area contributed by atoms with Crippen molar-refractivity contribution in [3.8, 4) is 0 Å². The van der Waals surface area contributed by atoms with E-state index in [0.29, 0.717) is 0 Å². The summed E-state index contributed by atoms with van der Waals surface area (Å²) in [5.74, 6) is -0.764. The Morgan fingerprint density at radius 3 is 2.64 bits per heavy atom. The van der Waals surface area contributed by atoms with Gasteiger partial charge in [0, 0.05) is 17.0 Å². The first-order chi connectivity index (χ1) is 6.44. The van der Waals surface area contributed by atoms with Gasteiger partial charge >= 0.3 is 5.97 Å². The molecule has 0 bridgehead atoms. The van der Waals surface area contributed by atoms with Crippen LogP contribution in [0.15, 0.2) is 6.20 Å². The Kier molecular flexibility index (Phi) is 1.93. The van der Waals surface area contributed by atoms with Crippen molar-refractivity contribution in [2.24, 2.45) is 11.3 Å². The molecular weight excluding hydrogens is 198 g/mol. The normalized spacial score (nSPS) is 28.8. The third kappa shape index (κ3) is 1.25. The number of hydrogen-bond acceptors (Lipinski definition) is 3. The second-order valence-corrected chi connectivity index (χ2v) is 5.66. The molecule has 0 unspecified atom stereocenters. The molecule has 1 heterocycles. The Morgan fingerprint density at radius 2 is 2.29 bits per heavy atom. The number of aryl methyl sites for hydroxylation is 1. The Hall–Kier alpha value is -0.900. The van der Waals surface area contributed by atoms with Crippen molar-refractivity contribution in [3.05, 3.63) is 16.1 Å². The summed E-state index contributed by atoms with van der Waals surface area (Å²) in [6.07, 6.45) is 1.81. The van der Waals surface area contributed by atoms with Gasteiger partial charge in [-0.2, -0.15) is 0 Å². The first-order valence-electron chi connectivity index (χ1n) is 4.59. The molecule has 1 saturated carbocycles. The third-order valence-electron chi connectivity index (χ3n) is 3.04. The van der Waals surface area contributed by atoms with Gasteiger partial charge < -0.3 is 5.11 Å². The van der Waals surface area contributed by atoms with Crippen LogP contribution in [0.4, 0.5) is 0 Å². The van der Waals surface area contributed by atoms with Gasteiger partial charge in [-0.25, -0.2) is 4.98 Å². The summed E-state index contributed by atoms with van der Waals surface area (Å²) in [6, 6.07) is 0. The van der Waals surface area contributed by atoms with Gasteiger partial charge in [-0.05, 0) is 12.3 Å². The molecule has 76 valence electrons. The number of rotatable bonds is 2. The summed E-state index contributed by atoms with van der Waals surface area (Å²) in [6.45, 7) is 5.95. The van der Waals surface area contributed by atoms with Crippen LogP contribution >= 0.6 is 11.3 Å². The molecule has 14 heavy (non-hydrogen) atoms. The second-order valence-electron chi connectivity index (χ2n) is 4.40. The summed E-state index contributed by atoms with van der Waals surface area (Å²) < 4.78 is 0. The van der Waals surface area contributed by atoms with Crippen LogP contribution in [-0.2, 0) is 4.79 Å². The standard InChI is InChI=1S/C10H13NO2S/c1-5-11-4-6(14-5)7-8(9(12)13)10(7,2)3/h4,7-8H,1-3H3,(H,12,13)/t7-,8+/m0/s1. The average Bonchev–Trinajstić information content (AvgIpc) is 2.42. The van der Waals surface area contributed by atoms with Crippen LogP contribution in [-0.4, -0.2) is 16.1 Å². The highest BCUT2D eigenvalue weighted by Gasteiger charge is 2.63. The predicted octanol–water partition coefficient (Wildman–Crippen LogP) is 2.28. The Bertz CT molecular complexity index is 383. The van der Waals surface area contributed by atoms with Crippen molar-refractivity contribution in [3.63, 3.8) is 0 Å². The molecule has 0 aromatic carbocycles. The first-order valence-corrected chi connectivity index (χ1v) is 5.41. The van der Waals surface area contributed by atoms with E-state index in [2.05, 4.69) is 4.98 Å². The number of carbonyl (C=O) groups is 1. The number of hydrogen-bond donors (Lipinski definition) is 1. The molecule has 1 aliphatic rings. The monoisotopic (exact) mass is 211 g/mol. The zero-order valence-corrected chi connectivity index (χ0v) is 9.26. The van der Waals surface area contributed by atoms with Crippen LogP contribution < -0.4 is 0 Å². The molecule has 3 nitrogen and oxygen atoms in total. The van der Waals surface area contributed by atoms with Crippen molar-refractivity contribution in [1.82, 2.24) is 4.98 Å². The van der Waals surface area contributed by atoms with E-state index < -0.39 is 5.97 Å². The van der Waals surface area contributed by atoms with Gasteiger partial charge in [0.2, 0.25) is 0 Å². The molecule has 4 heteroatoms. The number of nitrogens with zero attached hydrogens (tertiary/aromatic N) is 1. The van der Waals surface area contributed by atoms with Crippen molar-refractivity contribution in [1.29, 1.82) is 0 Å². The minimum absolute atomic E-state index is 0.106. The molecule has 1 aromatic heterocycles. The molecule has 1 fully saturated rings. The van der Waals surface area contributed by atoms with Crippen molar-refractivity contribution >= 4 is 17.3 Å². The summed E-state index contributed by atoms with van der Waals surface area (Å²) in [5, 5.41) is 10.0. The average molecular weight is 211 g/mol. The number of carboxylic acid groups (broad SMARTS) is 1. The van der Waals surface area contributed by atoms with E-state index in [-0.39, 0.29) is 17.3 Å². The van der Waals surface area contributed by atoms with Gasteiger partial charge in [-0.3, -0.25) is 4.79 Å². The zero-order chi connectivity index (χ0) is 10.5. The van der Waals surface area contributed by atoms with Crippen LogP contribution in [0.5, 0.6) is 0 Å². The Morgan fingerprint density at radius 1 is 1.64 bits per heavy atom. The minimum Gasteiger partial charge on any atom is -0.481 e. The highest BCUT2D eigenvalue weighted by Crippen LogP contribution is 2.65. The van der Waals surface area contributed by atoms with E-state index in [1.807, 2.05) is 27.0 Å². The van der Waals surface area contributed by atoms with E-state index in [0.717, 1.165) is 9.88 Å². The third-order valence-corrected chi connectivity index (χ3v) is 4.03. The predicted molar refractivity (Wildman–Crippen MR) is 54.5 cm³/mol. The number of aliphatic carboxylic acids is 1. The number of aromatic nitrogens is 1. The van der Waals surface area contributed by atoms with Gasteiger partial charge in [0.05, 0.1) is 10.9 Å². The van der Waals surface area contributed by atoms with Gasteiger partial charge in [-0.15, -0.1) is 11.3 Å². The molecule has 1 aromatic rings. The molecule has 2 rings (SSSR count). The zero-order valence-electron chi connectivity index (χ0n) is 8.44. The molecule has 1 aliphatic carbocycles. The van der Waals surface area contributed by atoms with Crippen LogP contribution in [0.3, 0.4) is 0 Å². The van der Waals surface area contributed by atoms with E-state index in [9.17, 15) is 4.79 Å². The molecular formula is C10H13NO2S. The SMILES string of the molecule is Cc1ncc([C@H]2[C@H](C(=O)O)C2(C)C)s1. The van der Waals surface area contributed by atoms with E-state index in [1.54, 1.807) is 11.3 Å². The van der Waals surface area contributed by atoms with Crippen LogP contribution in [0.2, 0.25) is 0 Å². The Labute approximate surface area is 86.8 Å². The second kappa shape index (κ2) is 2.79. The van der Waals surface area contributed by atoms with Gasteiger partial charge in [0.1, 0.15) is 0 Å². The van der Waals surface area contributed by atoms with Gasteiger partial charge in [0.15, 0.2) is 0 Å². The fourth-order valence-corrected chi connectivity index (χ4v) is 3.27. The molecule has 0 aliphatic heterocycles. The van der Waals surface area contributed by atoms with E-state index in [1.165, 1.54) is 0 Å². The van der Waals surface area contributed by atoms with E-state index in [4.69, 9.17) is 5.11 Å². The lowest BCUT2D eigenvalue weighted by atomic mass is 10.1. The van der Waals surface area contributed by atoms with Crippen LogP contribution in [0, 0.1) is 18.3 Å². The smallest absolute Gasteiger partial charge is 0.307 e.